The number of hydrogen-bond donors (Lipinski definition) is 0. The third kappa shape index (κ3) is 3.67. The van der Waals surface area contributed by atoms with Gasteiger partial charge in [0.1, 0.15) is 11.3 Å². The second-order valence-electron chi connectivity index (χ2n) is 5.67. The highest BCUT2D eigenvalue weighted by Crippen LogP contribution is 2.17. The van der Waals surface area contributed by atoms with E-state index in [4.69, 9.17) is 4.74 Å². The molecule has 0 saturated carbocycles. The van der Waals surface area contributed by atoms with Crippen molar-refractivity contribution >= 4 is 35.0 Å². The number of fused-ring (bicyclic) bond motifs is 1. The highest BCUT2D eigenvalue weighted by Gasteiger charge is 2.12. The molecule has 2 aromatic heterocycles. The molecule has 98 valence electrons. The van der Waals surface area contributed by atoms with Gasteiger partial charge in [-0.3, -0.25) is 0 Å². The van der Waals surface area contributed by atoms with Crippen LogP contribution in [0, 0.1) is 0 Å². The van der Waals surface area contributed by atoms with Gasteiger partial charge in [0.25, 0.3) is 0 Å². The predicted molar refractivity (Wildman–Crippen MR) is 81.5 cm³/mol. The first kappa shape index (κ1) is 13.8. The van der Waals surface area contributed by atoms with Gasteiger partial charge in [0.15, 0.2) is 0 Å². The van der Waals surface area contributed by atoms with Gasteiger partial charge >= 0.3 is 0 Å². The maximum absolute atomic E-state index is 5.75. The highest BCUT2D eigenvalue weighted by atomic mass is 79.9. The topological polar surface area (TPSA) is 27.1 Å². The summed E-state index contributed by atoms with van der Waals surface area (Å²) in [5.41, 5.74) is 2.12. The van der Waals surface area contributed by atoms with E-state index < -0.39 is 8.07 Å². The number of halogens is 1. The molecule has 0 aliphatic heterocycles. The summed E-state index contributed by atoms with van der Waals surface area (Å²) in [6.07, 6.45) is 2.03. The Morgan fingerprint density at radius 2 is 2.06 bits per heavy atom. The van der Waals surface area contributed by atoms with Crippen LogP contribution in [0.4, 0.5) is 0 Å². The van der Waals surface area contributed by atoms with Crippen molar-refractivity contribution in [2.45, 2.75) is 32.4 Å². The first-order valence-electron chi connectivity index (χ1n) is 6.15. The average Bonchev–Trinajstić information content (AvgIpc) is 2.65. The fourth-order valence-electron chi connectivity index (χ4n) is 1.70. The van der Waals surface area contributed by atoms with Crippen molar-refractivity contribution in [3.8, 4) is 0 Å². The van der Waals surface area contributed by atoms with Crippen molar-refractivity contribution in [2.24, 2.45) is 0 Å². The Hall–Kier alpha value is -0.653. The van der Waals surface area contributed by atoms with Crippen molar-refractivity contribution in [1.82, 2.24) is 9.55 Å². The van der Waals surface area contributed by atoms with Crippen LogP contribution >= 0.6 is 15.9 Å². The molecular weight excluding hydrogens is 308 g/mol. The van der Waals surface area contributed by atoms with Gasteiger partial charge in [-0.05, 0) is 40.2 Å². The Labute approximate surface area is 117 Å². The molecule has 0 unspecified atom stereocenters. The number of nitrogens with zero attached hydrogens (tertiary/aromatic N) is 2. The minimum atomic E-state index is -0.993. The van der Waals surface area contributed by atoms with Gasteiger partial charge < -0.3 is 9.30 Å². The van der Waals surface area contributed by atoms with Crippen LogP contribution in [0.5, 0.6) is 0 Å². The van der Waals surface area contributed by atoms with Crippen LogP contribution in [0.2, 0.25) is 25.7 Å². The summed E-state index contributed by atoms with van der Waals surface area (Å²) in [5.74, 6) is 0. The van der Waals surface area contributed by atoms with Crippen LogP contribution in [0.15, 0.2) is 29.0 Å². The zero-order valence-corrected chi connectivity index (χ0v) is 13.7. The third-order valence-corrected chi connectivity index (χ3v) is 4.96. The molecule has 0 atom stereocenters. The number of hydrogen-bond acceptors (Lipinski definition) is 2. The summed E-state index contributed by atoms with van der Waals surface area (Å²) in [4.78, 5) is 4.41. The lowest BCUT2D eigenvalue weighted by Gasteiger charge is -2.15. The standard InChI is InChI=1S/C13H19BrN2OSi/c1-18(2,3)9-8-17-10-16-7-6-11-12(16)4-5-13(14)15-11/h4-7H,8-10H2,1-3H3. The van der Waals surface area contributed by atoms with Crippen LogP contribution in [-0.2, 0) is 11.5 Å². The first-order valence-corrected chi connectivity index (χ1v) is 10.6. The van der Waals surface area contributed by atoms with Crippen LogP contribution < -0.4 is 0 Å². The van der Waals surface area contributed by atoms with E-state index in [9.17, 15) is 0 Å². The minimum Gasteiger partial charge on any atom is -0.361 e. The largest absolute Gasteiger partial charge is 0.361 e. The van der Waals surface area contributed by atoms with Gasteiger partial charge in [-0.25, -0.2) is 4.98 Å². The quantitative estimate of drug-likeness (QED) is 0.469. The fourth-order valence-corrected chi connectivity index (χ4v) is 2.78. The Balaban J connectivity index is 1.96. The summed E-state index contributed by atoms with van der Waals surface area (Å²) in [5, 5.41) is 0. The van der Waals surface area contributed by atoms with Crippen molar-refractivity contribution in [1.29, 1.82) is 0 Å². The summed E-state index contributed by atoms with van der Waals surface area (Å²) in [7, 11) is -0.993. The molecule has 0 radical (unpaired) electrons. The smallest absolute Gasteiger partial charge is 0.122 e. The predicted octanol–water partition coefficient (Wildman–Crippen LogP) is 4.11. The van der Waals surface area contributed by atoms with E-state index in [0.29, 0.717) is 6.73 Å². The molecule has 0 aliphatic rings. The van der Waals surface area contributed by atoms with Crippen LogP contribution in [-0.4, -0.2) is 24.2 Å². The normalized spacial score (nSPS) is 12.2. The van der Waals surface area contributed by atoms with Gasteiger partial charge in [-0.15, -0.1) is 0 Å². The highest BCUT2D eigenvalue weighted by molar-refractivity contribution is 9.10. The average molecular weight is 327 g/mol. The van der Waals surface area contributed by atoms with Crippen LogP contribution in [0.3, 0.4) is 0 Å². The Bertz CT molecular complexity index is 533. The van der Waals surface area contributed by atoms with E-state index in [1.165, 1.54) is 6.04 Å². The van der Waals surface area contributed by atoms with E-state index in [0.717, 1.165) is 22.2 Å². The molecule has 0 amide bonds. The SMILES string of the molecule is C[Si](C)(C)CCOCn1ccc2nc(Br)ccc21. The van der Waals surface area contributed by atoms with Gasteiger partial charge in [-0.2, -0.15) is 0 Å². The molecular formula is C13H19BrN2OSi. The second kappa shape index (κ2) is 5.55. The van der Waals surface area contributed by atoms with Gasteiger partial charge in [0.2, 0.25) is 0 Å². The van der Waals surface area contributed by atoms with E-state index in [1.54, 1.807) is 0 Å². The van der Waals surface area contributed by atoms with Crippen molar-refractivity contribution in [3.63, 3.8) is 0 Å². The maximum Gasteiger partial charge on any atom is 0.122 e. The molecule has 2 rings (SSSR count). The minimum absolute atomic E-state index is 0.608. The lowest BCUT2D eigenvalue weighted by atomic mass is 10.4. The lowest BCUT2D eigenvalue weighted by Crippen LogP contribution is -2.21. The van der Waals surface area contributed by atoms with Crippen molar-refractivity contribution in [3.05, 3.63) is 29.0 Å². The molecule has 2 heterocycles. The summed E-state index contributed by atoms with van der Waals surface area (Å²) < 4.78 is 8.71. The molecule has 0 saturated heterocycles. The number of pyridine rings is 1. The third-order valence-electron chi connectivity index (χ3n) is 2.82. The molecule has 0 aliphatic carbocycles. The Morgan fingerprint density at radius 1 is 1.28 bits per heavy atom. The lowest BCUT2D eigenvalue weighted by molar-refractivity contribution is 0.0902. The molecule has 5 heteroatoms. The van der Waals surface area contributed by atoms with E-state index in [1.807, 2.05) is 18.3 Å². The summed E-state index contributed by atoms with van der Waals surface area (Å²) in [6, 6.07) is 7.24. The first-order chi connectivity index (χ1) is 8.46. The summed E-state index contributed by atoms with van der Waals surface area (Å²) in [6.45, 7) is 8.55. The number of ether oxygens (including phenoxy) is 1. The van der Waals surface area contributed by atoms with Gasteiger partial charge in [0.05, 0.1) is 11.0 Å². The second-order valence-corrected chi connectivity index (χ2v) is 12.1. The van der Waals surface area contributed by atoms with Crippen molar-refractivity contribution in [2.75, 3.05) is 6.61 Å². The molecule has 18 heavy (non-hydrogen) atoms. The summed E-state index contributed by atoms with van der Waals surface area (Å²) >= 11 is 3.38. The van der Waals surface area contributed by atoms with Crippen molar-refractivity contribution < 1.29 is 4.74 Å². The monoisotopic (exact) mass is 326 g/mol. The van der Waals surface area contributed by atoms with Crippen LogP contribution in [0.25, 0.3) is 11.0 Å². The fraction of sp³-hybridized carbons (Fsp3) is 0.462. The zero-order chi connectivity index (χ0) is 13.2. The number of aromatic nitrogens is 2. The molecule has 0 fully saturated rings. The Morgan fingerprint density at radius 3 is 2.78 bits per heavy atom. The van der Waals surface area contributed by atoms with E-state index in [2.05, 4.69) is 51.2 Å². The van der Waals surface area contributed by atoms with Gasteiger partial charge in [-0.1, -0.05) is 19.6 Å². The maximum atomic E-state index is 5.75. The van der Waals surface area contributed by atoms with Crippen LogP contribution in [0.1, 0.15) is 0 Å². The Kier molecular flexibility index (Phi) is 4.24. The molecule has 0 N–H and O–H groups in total. The van der Waals surface area contributed by atoms with E-state index >= 15 is 0 Å². The zero-order valence-electron chi connectivity index (χ0n) is 11.1. The van der Waals surface area contributed by atoms with E-state index in [-0.39, 0.29) is 0 Å². The molecule has 0 spiro atoms. The number of rotatable bonds is 5. The molecule has 0 aromatic carbocycles. The molecule has 3 nitrogen and oxygen atoms in total. The molecule has 2 aromatic rings. The van der Waals surface area contributed by atoms with Gasteiger partial charge in [0, 0.05) is 20.9 Å². The molecule has 0 bridgehead atoms.